The Morgan fingerprint density at radius 1 is 0.757 bits per heavy atom. The van der Waals surface area contributed by atoms with E-state index in [9.17, 15) is 40.5 Å². The van der Waals surface area contributed by atoms with Gasteiger partial charge in [0.05, 0.1) is 13.2 Å². The summed E-state index contributed by atoms with van der Waals surface area (Å²) in [6, 6.07) is 0. The number of carbonyl (C=O) groups is 1. The third-order valence-corrected chi connectivity index (χ3v) is 7.02. The number of aliphatic hydroxyl groups is 7. The monoisotopic (exact) mass is 538 g/mol. The first-order valence-electron chi connectivity index (χ1n) is 13.5. The Balaban J connectivity index is 1.87. The highest BCUT2D eigenvalue weighted by Crippen LogP contribution is 2.36. The Labute approximate surface area is 218 Å². The number of esters is 1. The van der Waals surface area contributed by atoms with Gasteiger partial charge in [-0.15, -0.1) is 0 Å². The molecule has 0 spiro atoms. The van der Waals surface area contributed by atoms with Gasteiger partial charge < -0.3 is 54.7 Å². The molecule has 0 aromatic rings. The van der Waals surface area contributed by atoms with E-state index in [1.54, 1.807) is 0 Å². The minimum Gasteiger partial charge on any atom is -0.460 e. The van der Waals surface area contributed by atoms with E-state index in [1.807, 2.05) is 0 Å². The van der Waals surface area contributed by atoms with Crippen LogP contribution in [0.1, 0.15) is 77.6 Å². The maximum atomic E-state index is 12.4. The van der Waals surface area contributed by atoms with Crippen molar-refractivity contribution in [2.75, 3.05) is 19.8 Å². The lowest BCUT2D eigenvalue weighted by molar-refractivity contribution is -0.383. The van der Waals surface area contributed by atoms with Crippen LogP contribution in [0.5, 0.6) is 0 Å². The quantitative estimate of drug-likeness (QED) is 0.0925. The van der Waals surface area contributed by atoms with Gasteiger partial charge in [-0.05, 0) is 6.42 Å². The number of carbonyl (C=O) groups excluding carboxylic acids is 1. The third kappa shape index (κ3) is 9.06. The highest BCUT2D eigenvalue weighted by molar-refractivity contribution is 5.69. The van der Waals surface area contributed by atoms with Gasteiger partial charge in [0, 0.05) is 6.42 Å². The molecule has 0 aromatic carbocycles. The van der Waals surface area contributed by atoms with E-state index in [0.29, 0.717) is 6.42 Å². The molecule has 9 atom stereocenters. The van der Waals surface area contributed by atoms with Crippen molar-refractivity contribution in [1.82, 2.24) is 0 Å². The SMILES string of the molecule is CCCCCCCCCCCCC(=O)OC[C@@]1(O[C@H]2O[C@H](CO)[C@@H](O)[C@H](O)[C@H]2O)O[C@H](CO)[C@@H](O)[C@@H]1O. The molecule has 12 heteroatoms. The lowest BCUT2D eigenvalue weighted by Gasteiger charge is -2.43. The standard InChI is InChI=1S/C25H46O12/c1-2-3-4-5-6-7-8-9-10-11-12-18(28)34-15-25(23(33)20(30)17(14-27)36-25)37-24-22(32)21(31)19(29)16(13-26)35-24/h16-17,19-24,26-27,29-33H,2-15H2,1H3/t16-,17-,19-,20-,21+,22-,23+,24-,25+/m1/s1. The minimum atomic E-state index is -2.24. The van der Waals surface area contributed by atoms with Crippen LogP contribution in [0.2, 0.25) is 0 Å². The molecule has 0 aliphatic carbocycles. The first-order chi connectivity index (χ1) is 17.7. The van der Waals surface area contributed by atoms with Crippen molar-refractivity contribution in [3.05, 3.63) is 0 Å². The first kappa shape index (κ1) is 32.3. The molecule has 12 nitrogen and oxygen atoms in total. The largest absolute Gasteiger partial charge is 0.460 e. The van der Waals surface area contributed by atoms with Crippen LogP contribution in [-0.4, -0.2) is 116 Å². The second-order valence-corrected chi connectivity index (χ2v) is 9.99. The fourth-order valence-corrected chi connectivity index (χ4v) is 4.63. The van der Waals surface area contributed by atoms with Crippen LogP contribution in [0, 0.1) is 0 Å². The molecule has 7 N–H and O–H groups in total. The summed E-state index contributed by atoms with van der Waals surface area (Å²) in [6.45, 7) is 0.0883. The zero-order valence-electron chi connectivity index (χ0n) is 21.7. The second-order valence-electron chi connectivity index (χ2n) is 9.99. The molecule has 2 fully saturated rings. The summed E-state index contributed by atoms with van der Waals surface area (Å²) >= 11 is 0. The molecule has 2 aliphatic heterocycles. The maximum Gasteiger partial charge on any atom is 0.305 e. The van der Waals surface area contributed by atoms with Crippen LogP contribution in [0.3, 0.4) is 0 Å². The highest BCUT2D eigenvalue weighted by atomic mass is 16.8. The zero-order chi connectivity index (χ0) is 27.4. The Kier molecular flexibility index (Phi) is 14.2. The normalized spacial score (nSPS) is 36.1. The molecule has 0 saturated carbocycles. The lowest BCUT2D eigenvalue weighted by atomic mass is 9.99. The first-order valence-corrected chi connectivity index (χ1v) is 13.5. The van der Waals surface area contributed by atoms with Crippen LogP contribution in [0.15, 0.2) is 0 Å². The Bertz CT molecular complexity index is 649. The molecule has 0 bridgehead atoms. The van der Waals surface area contributed by atoms with E-state index in [2.05, 4.69) is 6.92 Å². The van der Waals surface area contributed by atoms with Crippen molar-refractivity contribution in [2.24, 2.45) is 0 Å². The summed E-state index contributed by atoms with van der Waals surface area (Å²) in [4.78, 5) is 12.4. The van der Waals surface area contributed by atoms with Gasteiger partial charge >= 0.3 is 5.97 Å². The molecular weight excluding hydrogens is 492 g/mol. The van der Waals surface area contributed by atoms with Crippen molar-refractivity contribution in [3.8, 4) is 0 Å². The average Bonchev–Trinajstić information content (AvgIpc) is 3.13. The van der Waals surface area contributed by atoms with Crippen molar-refractivity contribution >= 4 is 5.97 Å². The number of rotatable bonds is 17. The number of hydrogen-bond acceptors (Lipinski definition) is 12. The maximum absolute atomic E-state index is 12.4. The van der Waals surface area contributed by atoms with Crippen LogP contribution < -0.4 is 0 Å². The minimum absolute atomic E-state index is 0.120. The van der Waals surface area contributed by atoms with Crippen LogP contribution in [-0.2, 0) is 23.7 Å². The van der Waals surface area contributed by atoms with Crippen molar-refractivity contribution in [2.45, 2.75) is 132 Å². The van der Waals surface area contributed by atoms with Gasteiger partial charge in [0.25, 0.3) is 0 Å². The van der Waals surface area contributed by atoms with Crippen molar-refractivity contribution in [3.63, 3.8) is 0 Å². The van der Waals surface area contributed by atoms with E-state index in [1.165, 1.54) is 38.5 Å². The van der Waals surface area contributed by atoms with E-state index in [0.717, 1.165) is 19.3 Å². The third-order valence-electron chi connectivity index (χ3n) is 7.02. The number of hydrogen-bond donors (Lipinski definition) is 7. The highest BCUT2D eigenvalue weighted by Gasteiger charge is 2.59. The van der Waals surface area contributed by atoms with E-state index in [-0.39, 0.29) is 6.42 Å². The molecule has 0 aromatic heterocycles. The Morgan fingerprint density at radius 3 is 1.86 bits per heavy atom. The van der Waals surface area contributed by atoms with E-state index < -0.39 is 80.6 Å². The molecule has 2 rings (SSSR count). The van der Waals surface area contributed by atoms with Crippen LogP contribution >= 0.6 is 0 Å². The fraction of sp³-hybridized carbons (Fsp3) is 0.960. The van der Waals surface area contributed by atoms with Crippen LogP contribution in [0.25, 0.3) is 0 Å². The molecular formula is C25H46O12. The van der Waals surface area contributed by atoms with Crippen LogP contribution in [0.4, 0.5) is 0 Å². The summed E-state index contributed by atoms with van der Waals surface area (Å²) < 4.78 is 21.7. The number of unbranched alkanes of at least 4 members (excludes halogenated alkanes) is 9. The summed E-state index contributed by atoms with van der Waals surface area (Å²) in [6.07, 6.45) is -1.82. The number of aliphatic hydroxyl groups excluding tert-OH is 7. The molecule has 0 amide bonds. The Hall–Kier alpha value is -0.930. The van der Waals surface area contributed by atoms with Gasteiger partial charge in [-0.2, -0.15) is 0 Å². The van der Waals surface area contributed by atoms with Gasteiger partial charge in [-0.25, -0.2) is 0 Å². The molecule has 2 heterocycles. The molecule has 2 aliphatic rings. The molecule has 218 valence electrons. The van der Waals surface area contributed by atoms with E-state index in [4.69, 9.17) is 18.9 Å². The van der Waals surface area contributed by atoms with Crippen molar-refractivity contribution in [1.29, 1.82) is 0 Å². The molecule has 0 radical (unpaired) electrons. The number of ether oxygens (including phenoxy) is 4. The summed E-state index contributed by atoms with van der Waals surface area (Å²) in [5.41, 5.74) is 0. The summed E-state index contributed by atoms with van der Waals surface area (Å²) in [5.74, 6) is -2.83. The zero-order valence-corrected chi connectivity index (χ0v) is 21.7. The predicted molar refractivity (Wildman–Crippen MR) is 129 cm³/mol. The Morgan fingerprint density at radius 2 is 1.32 bits per heavy atom. The van der Waals surface area contributed by atoms with Gasteiger partial charge in [0.15, 0.2) is 6.29 Å². The van der Waals surface area contributed by atoms with Gasteiger partial charge in [-0.3, -0.25) is 4.79 Å². The van der Waals surface area contributed by atoms with Gasteiger partial charge in [0.1, 0.15) is 49.3 Å². The van der Waals surface area contributed by atoms with Gasteiger partial charge in [0.2, 0.25) is 5.79 Å². The lowest BCUT2D eigenvalue weighted by Crippen LogP contribution is -2.62. The summed E-state index contributed by atoms with van der Waals surface area (Å²) in [7, 11) is 0. The predicted octanol–water partition coefficient (Wildman–Crippen LogP) is -0.534. The van der Waals surface area contributed by atoms with E-state index >= 15 is 0 Å². The van der Waals surface area contributed by atoms with Gasteiger partial charge in [-0.1, -0.05) is 64.7 Å². The molecule has 2 saturated heterocycles. The average molecular weight is 539 g/mol. The smallest absolute Gasteiger partial charge is 0.305 e. The summed E-state index contributed by atoms with van der Waals surface area (Å²) in [5, 5.41) is 70.1. The topological polar surface area (TPSA) is 196 Å². The van der Waals surface area contributed by atoms with Crippen molar-refractivity contribution < 1.29 is 59.5 Å². The second kappa shape index (κ2) is 16.2. The molecule has 0 unspecified atom stereocenters. The molecule has 37 heavy (non-hydrogen) atoms. The fourth-order valence-electron chi connectivity index (χ4n) is 4.63.